The third-order valence-electron chi connectivity index (χ3n) is 10.3. The molecule has 0 bridgehead atoms. The number of ether oxygens (including phenoxy) is 1. The highest BCUT2D eigenvalue weighted by Crippen LogP contribution is 2.63. The predicted octanol–water partition coefficient (Wildman–Crippen LogP) is 10.3. The van der Waals surface area contributed by atoms with Crippen molar-refractivity contribution in [3.8, 4) is 0 Å². The van der Waals surface area contributed by atoms with Crippen molar-refractivity contribution in [3.05, 3.63) is 181 Å². The second-order valence-corrected chi connectivity index (χ2v) is 14.5. The van der Waals surface area contributed by atoms with Gasteiger partial charge >= 0.3 is 5.97 Å². The fourth-order valence-corrected chi connectivity index (χ4v) is 9.05. The van der Waals surface area contributed by atoms with Gasteiger partial charge in [0.1, 0.15) is 5.76 Å². The third-order valence-corrected chi connectivity index (χ3v) is 12.2. The molecule has 8 rings (SSSR count). The summed E-state index contributed by atoms with van der Waals surface area (Å²) in [5.74, 6) is -2.29. The maximum atomic E-state index is 14.9. The number of hydrogen-bond acceptors (Lipinski definition) is 4. The van der Waals surface area contributed by atoms with E-state index in [0.29, 0.717) is 16.9 Å². The van der Waals surface area contributed by atoms with Crippen molar-refractivity contribution in [2.75, 3.05) is 0 Å². The Hall–Kier alpha value is -4.39. The summed E-state index contributed by atoms with van der Waals surface area (Å²) in [6, 6.07) is 40.7. The Morgan fingerprint density at radius 2 is 1.17 bits per heavy atom. The molecule has 5 aromatic rings. The normalized spacial score (nSPS) is 23.8. The smallest absolute Gasteiger partial charge is 0.315 e. The maximum Gasteiger partial charge on any atom is 0.315 e. The molecule has 1 aliphatic heterocycles. The first-order chi connectivity index (χ1) is 23.4. The van der Waals surface area contributed by atoms with Crippen LogP contribution in [0.15, 0.2) is 142 Å². The minimum Gasteiger partial charge on any atom is -0.426 e. The first kappa shape index (κ1) is 30.9. The van der Waals surface area contributed by atoms with Gasteiger partial charge in [0.05, 0.1) is 5.92 Å². The number of esters is 1. The van der Waals surface area contributed by atoms with Crippen LogP contribution in [0.2, 0.25) is 0 Å². The summed E-state index contributed by atoms with van der Waals surface area (Å²) in [4.78, 5) is 43.1. The van der Waals surface area contributed by atoms with Crippen molar-refractivity contribution in [1.82, 2.24) is 0 Å². The van der Waals surface area contributed by atoms with Crippen molar-refractivity contribution >= 4 is 55.2 Å². The SMILES string of the molecule is O=C(C[C@@H]1c2cc(Br)c(Br)cc2C([C@@H]2c3ccccc3[C@H]3C=C(c4ccccc4)OC(=O)[C@H]32)[C@H]1C(=O)c1ccccc1)c1ccccc1. The molecule has 4 nitrogen and oxygen atoms in total. The van der Waals surface area contributed by atoms with E-state index in [9.17, 15) is 14.4 Å². The van der Waals surface area contributed by atoms with E-state index in [1.165, 1.54) is 0 Å². The number of Topliss-reactive ketones (excluding diaryl/α,β-unsaturated/α-hetero) is 2. The van der Waals surface area contributed by atoms with Crippen LogP contribution >= 0.6 is 31.9 Å². The number of rotatable bonds is 7. The molecule has 0 fully saturated rings. The summed E-state index contributed by atoms with van der Waals surface area (Å²) in [7, 11) is 0. The standard InChI is InChI=1S/C42H30Br2O4/c43-33-20-29-30(21-34(33)44)38(39(41(46)26-16-8-3-9-17-26)31(29)22-35(45)24-12-4-1-5-13-24)37-28-19-11-10-18-27(28)32-23-36(48-42(47)40(32)37)25-14-6-2-7-15-25/h1-21,23,31-32,37-40H,22H2/t31-,32-,37+,38?,39+,40-/m1/s1. The molecule has 0 spiro atoms. The highest BCUT2D eigenvalue weighted by Gasteiger charge is 2.57. The van der Waals surface area contributed by atoms with E-state index in [4.69, 9.17) is 4.74 Å². The van der Waals surface area contributed by atoms with E-state index >= 15 is 0 Å². The van der Waals surface area contributed by atoms with Gasteiger partial charge in [-0.2, -0.15) is 0 Å². The molecular weight excluding hydrogens is 728 g/mol. The summed E-state index contributed by atoms with van der Waals surface area (Å²) < 4.78 is 7.84. The summed E-state index contributed by atoms with van der Waals surface area (Å²) in [5, 5.41) is 0. The Labute approximate surface area is 296 Å². The third kappa shape index (κ3) is 5.22. The van der Waals surface area contributed by atoms with Gasteiger partial charge in [-0.1, -0.05) is 115 Å². The minimum absolute atomic E-state index is 0.0192. The van der Waals surface area contributed by atoms with Crippen LogP contribution in [0.3, 0.4) is 0 Å². The zero-order valence-electron chi connectivity index (χ0n) is 25.8. The molecule has 1 heterocycles. The fourth-order valence-electron chi connectivity index (χ4n) is 8.32. The molecular formula is C42H30Br2O4. The monoisotopic (exact) mass is 756 g/mol. The lowest BCUT2D eigenvalue weighted by Crippen LogP contribution is -2.34. The van der Waals surface area contributed by atoms with Gasteiger partial charge in [-0.15, -0.1) is 0 Å². The molecule has 0 aromatic heterocycles. The van der Waals surface area contributed by atoms with Gasteiger partial charge in [0.2, 0.25) is 0 Å². The number of benzene rings is 5. The Kier molecular flexibility index (Phi) is 8.10. The minimum atomic E-state index is -0.597. The highest BCUT2D eigenvalue weighted by molar-refractivity contribution is 9.13. The number of carbonyl (C=O) groups excluding carboxylic acids is 3. The lowest BCUT2D eigenvalue weighted by atomic mass is 9.68. The van der Waals surface area contributed by atoms with E-state index in [0.717, 1.165) is 36.8 Å². The molecule has 6 atom stereocenters. The van der Waals surface area contributed by atoms with Gasteiger partial charge in [-0.3, -0.25) is 14.4 Å². The number of allylic oxidation sites excluding steroid dienone is 1. The number of hydrogen-bond donors (Lipinski definition) is 0. The van der Waals surface area contributed by atoms with Crippen LogP contribution in [-0.4, -0.2) is 17.5 Å². The molecule has 3 aliphatic rings. The van der Waals surface area contributed by atoms with Crippen LogP contribution in [0.25, 0.3) is 5.76 Å². The highest BCUT2D eigenvalue weighted by atomic mass is 79.9. The largest absolute Gasteiger partial charge is 0.426 e. The fraction of sp³-hybridized carbons (Fsp3) is 0.167. The molecule has 236 valence electrons. The van der Waals surface area contributed by atoms with Crippen molar-refractivity contribution in [2.45, 2.75) is 30.1 Å². The Morgan fingerprint density at radius 3 is 1.83 bits per heavy atom. The van der Waals surface area contributed by atoms with E-state index in [1.807, 2.05) is 103 Å². The van der Waals surface area contributed by atoms with Crippen molar-refractivity contribution in [1.29, 1.82) is 0 Å². The molecule has 1 unspecified atom stereocenters. The van der Waals surface area contributed by atoms with Gasteiger partial charge in [-0.05, 0) is 72.3 Å². The second-order valence-electron chi connectivity index (χ2n) is 12.8. The first-order valence-corrected chi connectivity index (χ1v) is 17.7. The Bertz CT molecular complexity index is 2090. The number of halogens is 2. The average Bonchev–Trinajstić information content (AvgIpc) is 3.61. The van der Waals surface area contributed by atoms with Crippen molar-refractivity contribution in [3.63, 3.8) is 0 Å². The van der Waals surface area contributed by atoms with Crippen molar-refractivity contribution in [2.24, 2.45) is 11.8 Å². The number of fused-ring (bicyclic) bond motifs is 4. The summed E-state index contributed by atoms with van der Waals surface area (Å²) in [6.45, 7) is 0. The van der Waals surface area contributed by atoms with E-state index in [2.05, 4.69) is 62.2 Å². The Balaban J connectivity index is 1.32. The van der Waals surface area contributed by atoms with Gasteiger partial charge < -0.3 is 4.74 Å². The van der Waals surface area contributed by atoms with Crippen LogP contribution in [0.4, 0.5) is 0 Å². The van der Waals surface area contributed by atoms with Crippen molar-refractivity contribution < 1.29 is 19.1 Å². The second kappa shape index (κ2) is 12.6. The summed E-state index contributed by atoms with van der Waals surface area (Å²) in [5.41, 5.74) is 6.12. The van der Waals surface area contributed by atoms with Gasteiger partial charge in [0.25, 0.3) is 0 Å². The molecule has 0 radical (unpaired) electrons. The molecule has 0 amide bonds. The summed E-state index contributed by atoms with van der Waals surface area (Å²) in [6.07, 6.45) is 2.24. The van der Waals surface area contributed by atoms with Crippen LogP contribution < -0.4 is 0 Å². The van der Waals surface area contributed by atoms with E-state index in [-0.39, 0.29) is 41.7 Å². The average molecular weight is 759 g/mol. The van der Waals surface area contributed by atoms with Gasteiger partial charge in [0, 0.05) is 61.6 Å². The van der Waals surface area contributed by atoms with Gasteiger partial charge in [0.15, 0.2) is 11.6 Å². The van der Waals surface area contributed by atoms with Crippen LogP contribution in [0.5, 0.6) is 0 Å². The first-order valence-electron chi connectivity index (χ1n) is 16.1. The quantitative estimate of drug-likeness (QED) is 0.123. The molecule has 0 N–H and O–H groups in total. The van der Waals surface area contributed by atoms with Crippen LogP contribution in [0.1, 0.15) is 78.6 Å². The number of ketones is 2. The Morgan fingerprint density at radius 1 is 0.604 bits per heavy atom. The zero-order chi connectivity index (χ0) is 32.9. The van der Waals surface area contributed by atoms with Crippen LogP contribution in [-0.2, 0) is 9.53 Å². The summed E-state index contributed by atoms with van der Waals surface area (Å²) >= 11 is 7.45. The molecule has 0 saturated heterocycles. The predicted molar refractivity (Wildman–Crippen MR) is 193 cm³/mol. The molecule has 48 heavy (non-hydrogen) atoms. The topological polar surface area (TPSA) is 60.4 Å². The zero-order valence-corrected chi connectivity index (χ0v) is 28.9. The number of carbonyl (C=O) groups is 3. The lowest BCUT2D eigenvalue weighted by molar-refractivity contribution is -0.143. The maximum absolute atomic E-state index is 14.9. The van der Waals surface area contributed by atoms with Crippen LogP contribution in [0, 0.1) is 11.8 Å². The molecule has 5 aromatic carbocycles. The van der Waals surface area contributed by atoms with E-state index < -0.39 is 17.8 Å². The molecule has 2 aliphatic carbocycles. The number of cyclic esters (lactones) is 1. The molecule has 0 saturated carbocycles. The lowest BCUT2D eigenvalue weighted by Gasteiger charge is -2.34. The molecule has 6 heteroatoms. The van der Waals surface area contributed by atoms with Gasteiger partial charge in [-0.25, -0.2) is 0 Å². The van der Waals surface area contributed by atoms with E-state index in [1.54, 1.807) is 0 Å².